The van der Waals surface area contributed by atoms with Crippen LogP contribution in [-0.4, -0.2) is 34.1 Å². The van der Waals surface area contributed by atoms with Crippen molar-refractivity contribution in [2.24, 2.45) is 0 Å². The maximum absolute atomic E-state index is 13.6. The number of halogens is 1. The number of aromatic nitrogens is 7. The van der Waals surface area contributed by atoms with Gasteiger partial charge < -0.3 is 4.57 Å². The topological polar surface area (TPSA) is 74.3 Å². The molecular weight excluding hydrogens is 333 g/mol. The minimum absolute atomic E-state index is 0.332. The highest BCUT2D eigenvalue weighted by atomic mass is 19.1. The normalized spacial score (nSPS) is 11.4. The SMILES string of the molecule is Fc1ccc2ncn(-c3ncc4ncn(Cc5cccnc5)c4n3)c2c1. The number of benzene rings is 1. The van der Waals surface area contributed by atoms with Crippen LogP contribution in [0.5, 0.6) is 0 Å². The van der Waals surface area contributed by atoms with E-state index in [0.717, 1.165) is 5.56 Å². The van der Waals surface area contributed by atoms with Crippen molar-refractivity contribution in [1.29, 1.82) is 0 Å². The Morgan fingerprint density at radius 3 is 2.77 bits per heavy atom. The van der Waals surface area contributed by atoms with Crippen molar-refractivity contribution in [2.75, 3.05) is 0 Å². The van der Waals surface area contributed by atoms with E-state index in [1.807, 2.05) is 16.7 Å². The summed E-state index contributed by atoms with van der Waals surface area (Å²) in [7, 11) is 0. The highest BCUT2D eigenvalue weighted by Crippen LogP contribution is 2.19. The van der Waals surface area contributed by atoms with Gasteiger partial charge >= 0.3 is 0 Å². The van der Waals surface area contributed by atoms with Gasteiger partial charge in [-0.15, -0.1) is 0 Å². The molecule has 0 saturated carbocycles. The number of nitrogens with zero attached hydrogens (tertiary/aromatic N) is 7. The van der Waals surface area contributed by atoms with Crippen molar-refractivity contribution in [3.05, 3.63) is 73.0 Å². The lowest BCUT2D eigenvalue weighted by atomic mass is 10.3. The lowest BCUT2D eigenvalue weighted by Crippen LogP contribution is -2.04. The van der Waals surface area contributed by atoms with Crippen LogP contribution in [0.1, 0.15) is 5.56 Å². The lowest BCUT2D eigenvalue weighted by molar-refractivity contribution is 0.629. The van der Waals surface area contributed by atoms with E-state index in [0.29, 0.717) is 34.7 Å². The van der Waals surface area contributed by atoms with E-state index in [1.165, 1.54) is 12.1 Å². The Balaban J connectivity index is 1.63. The van der Waals surface area contributed by atoms with E-state index in [1.54, 1.807) is 41.9 Å². The van der Waals surface area contributed by atoms with Crippen molar-refractivity contribution in [1.82, 2.24) is 34.1 Å². The van der Waals surface area contributed by atoms with Gasteiger partial charge in [0.15, 0.2) is 5.65 Å². The number of rotatable bonds is 3. The fourth-order valence-electron chi connectivity index (χ4n) is 2.91. The predicted molar refractivity (Wildman–Crippen MR) is 93.2 cm³/mol. The molecule has 0 saturated heterocycles. The van der Waals surface area contributed by atoms with Gasteiger partial charge in [-0.05, 0) is 23.8 Å². The largest absolute Gasteiger partial charge is 0.311 e. The number of pyridine rings is 1. The van der Waals surface area contributed by atoms with Crippen molar-refractivity contribution in [3.8, 4) is 5.95 Å². The maximum atomic E-state index is 13.6. The van der Waals surface area contributed by atoms with Crippen LogP contribution in [0.2, 0.25) is 0 Å². The first-order chi connectivity index (χ1) is 12.8. The summed E-state index contributed by atoms with van der Waals surface area (Å²) in [6.45, 7) is 0.597. The second-order valence-electron chi connectivity index (χ2n) is 5.86. The molecule has 0 bridgehead atoms. The summed E-state index contributed by atoms with van der Waals surface area (Å²) in [5.41, 5.74) is 3.72. The fraction of sp³-hybridized carbons (Fsp3) is 0.0556. The zero-order chi connectivity index (χ0) is 17.5. The molecule has 0 radical (unpaired) electrons. The van der Waals surface area contributed by atoms with Crippen LogP contribution < -0.4 is 0 Å². The average Bonchev–Trinajstić information content (AvgIpc) is 3.26. The van der Waals surface area contributed by atoms with Crippen LogP contribution in [0, 0.1) is 5.82 Å². The van der Waals surface area contributed by atoms with E-state index in [9.17, 15) is 4.39 Å². The highest BCUT2D eigenvalue weighted by molar-refractivity contribution is 5.77. The second-order valence-corrected chi connectivity index (χ2v) is 5.86. The van der Waals surface area contributed by atoms with Gasteiger partial charge in [-0.3, -0.25) is 9.55 Å². The van der Waals surface area contributed by atoms with Crippen molar-refractivity contribution in [2.45, 2.75) is 6.54 Å². The molecule has 126 valence electrons. The van der Waals surface area contributed by atoms with Gasteiger partial charge in [-0.1, -0.05) is 6.07 Å². The van der Waals surface area contributed by atoms with Gasteiger partial charge in [0.05, 0.1) is 30.1 Å². The van der Waals surface area contributed by atoms with Gasteiger partial charge in [0.2, 0.25) is 5.95 Å². The molecule has 4 heterocycles. The Morgan fingerprint density at radius 1 is 0.962 bits per heavy atom. The Hall–Kier alpha value is -3.68. The van der Waals surface area contributed by atoms with E-state index >= 15 is 0 Å². The molecule has 0 spiro atoms. The summed E-state index contributed by atoms with van der Waals surface area (Å²) >= 11 is 0. The summed E-state index contributed by atoms with van der Waals surface area (Å²) in [6, 6.07) is 8.32. The molecule has 4 aromatic heterocycles. The van der Waals surface area contributed by atoms with Crippen LogP contribution in [0.3, 0.4) is 0 Å². The third-order valence-electron chi connectivity index (χ3n) is 4.15. The number of hydrogen-bond acceptors (Lipinski definition) is 5. The molecule has 0 aliphatic rings. The van der Waals surface area contributed by atoms with Gasteiger partial charge in [-0.2, -0.15) is 4.98 Å². The quantitative estimate of drug-likeness (QED) is 0.503. The fourth-order valence-corrected chi connectivity index (χ4v) is 2.91. The molecule has 26 heavy (non-hydrogen) atoms. The van der Waals surface area contributed by atoms with Gasteiger partial charge in [0.25, 0.3) is 0 Å². The van der Waals surface area contributed by atoms with E-state index in [2.05, 4.69) is 24.9 Å². The third-order valence-corrected chi connectivity index (χ3v) is 4.15. The molecule has 0 atom stereocenters. The summed E-state index contributed by atoms with van der Waals surface area (Å²) in [5, 5.41) is 0. The zero-order valence-electron chi connectivity index (χ0n) is 13.5. The molecule has 0 N–H and O–H groups in total. The van der Waals surface area contributed by atoms with Crippen LogP contribution in [0.4, 0.5) is 4.39 Å². The highest BCUT2D eigenvalue weighted by Gasteiger charge is 2.12. The minimum Gasteiger partial charge on any atom is -0.311 e. The van der Waals surface area contributed by atoms with Gasteiger partial charge in [0.1, 0.15) is 17.7 Å². The van der Waals surface area contributed by atoms with Gasteiger partial charge in [-0.25, -0.2) is 19.3 Å². The van der Waals surface area contributed by atoms with Crippen LogP contribution in [0.15, 0.2) is 61.6 Å². The smallest absolute Gasteiger partial charge is 0.237 e. The van der Waals surface area contributed by atoms with E-state index in [4.69, 9.17) is 0 Å². The summed E-state index contributed by atoms with van der Waals surface area (Å²) in [6.07, 6.45) is 8.51. The molecular formula is C18H12FN7. The molecule has 7 nitrogen and oxygen atoms in total. The van der Waals surface area contributed by atoms with Crippen LogP contribution in [0.25, 0.3) is 28.1 Å². The first kappa shape index (κ1) is 14.6. The molecule has 8 heteroatoms. The Kier molecular flexibility index (Phi) is 3.21. The zero-order valence-corrected chi connectivity index (χ0v) is 13.5. The molecule has 0 unspecified atom stereocenters. The monoisotopic (exact) mass is 345 g/mol. The molecule has 5 aromatic rings. The molecule has 5 rings (SSSR count). The third kappa shape index (κ3) is 2.39. The van der Waals surface area contributed by atoms with Crippen LogP contribution in [-0.2, 0) is 6.54 Å². The van der Waals surface area contributed by atoms with Crippen molar-refractivity contribution in [3.63, 3.8) is 0 Å². The van der Waals surface area contributed by atoms with E-state index in [-0.39, 0.29) is 5.82 Å². The summed E-state index contributed by atoms with van der Waals surface area (Å²) < 4.78 is 17.2. The Morgan fingerprint density at radius 2 is 1.88 bits per heavy atom. The van der Waals surface area contributed by atoms with Crippen molar-refractivity contribution < 1.29 is 4.39 Å². The minimum atomic E-state index is -0.332. The first-order valence-electron chi connectivity index (χ1n) is 7.98. The Labute approximate surface area is 146 Å². The number of fused-ring (bicyclic) bond motifs is 2. The van der Waals surface area contributed by atoms with Crippen molar-refractivity contribution >= 4 is 22.2 Å². The average molecular weight is 345 g/mol. The molecule has 1 aromatic carbocycles. The predicted octanol–water partition coefficient (Wildman–Crippen LogP) is 2.75. The molecule has 0 aliphatic heterocycles. The lowest BCUT2D eigenvalue weighted by Gasteiger charge is -2.05. The number of imidazole rings is 2. The van der Waals surface area contributed by atoms with Crippen LogP contribution >= 0.6 is 0 Å². The second kappa shape index (κ2) is 5.69. The summed E-state index contributed by atoms with van der Waals surface area (Å²) in [4.78, 5) is 21.7. The standard InChI is InChI=1S/C18H12FN7/c19-13-3-4-14-16(6-13)26(11-23-14)18-21-8-15-17(24-18)25(10-22-15)9-12-2-1-5-20-7-12/h1-8,10-11H,9H2. The van der Waals surface area contributed by atoms with Gasteiger partial charge in [0, 0.05) is 18.5 Å². The molecule has 0 amide bonds. The molecule has 0 fully saturated rings. The van der Waals surface area contributed by atoms with E-state index < -0.39 is 0 Å². The molecule has 0 aliphatic carbocycles. The summed E-state index contributed by atoms with van der Waals surface area (Å²) in [5.74, 6) is 0.0838. The maximum Gasteiger partial charge on any atom is 0.237 e. The Bertz CT molecular complexity index is 1230. The first-order valence-corrected chi connectivity index (χ1v) is 7.98. The number of hydrogen-bond donors (Lipinski definition) is 0.